The number of phenolic OH excluding ortho intramolecular Hbond substituents is 1. The van der Waals surface area contributed by atoms with Crippen LogP contribution in [-0.4, -0.2) is 21.7 Å². The minimum atomic E-state index is -0.717. The van der Waals surface area contributed by atoms with E-state index in [0.29, 0.717) is 17.5 Å². The van der Waals surface area contributed by atoms with Crippen LogP contribution >= 0.6 is 0 Å². The molecule has 0 aliphatic heterocycles. The van der Waals surface area contributed by atoms with Crippen molar-refractivity contribution in [2.75, 3.05) is 0 Å². The van der Waals surface area contributed by atoms with E-state index in [9.17, 15) is 19.4 Å². The van der Waals surface area contributed by atoms with Gasteiger partial charge in [0.05, 0.1) is 11.6 Å². The molecular formula is C20H24FNO3. The second kappa shape index (κ2) is 7.66. The predicted octanol–water partition coefficient (Wildman–Crippen LogP) is 3.73. The lowest BCUT2D eigenvalue weighted by molar-refractivity contribution is 0.0713. The fraction of sp³-hybridized carbons (Fsp3) is 0.350. The molecule has 3 N–H and O–H groups in total. The third kappa shape index (κ3) is 5.57. The minimum absolute atomic E-state index is 0.255. The number of nitrogens with one attached hydrogen (secondary N) is 1. The second-order valence-corrected chi connectivity index (χ2v) is 6.92. The lowest BCUT2D eigenvalue weighted by Crippen LogP contribution is -2.26. The Hall–Kier alpha value is -2.40. The van der Waals surface area contributed by atoms with E-state index in [4.69, 9.17) is 0 Å². The van der Waals surface area contributed by atoms with Gasteiger partial charge < -0.3 is 15.5 Å². The number of carbonyl (C=O) groups is 1. The van der Waals surface area contributed by atoms with Gasteiger partial charge in [0.15, 0.2) is 11.6 Å². The van der Waals surface area contributed by atoms with Crippen molar-refractivity contribution in [2.45, 2.75) is 45.3 Å². The van der Waals surface area contributed by atoms with Crippen molar-refractivity contribution in [3.63, 3.8) is 0 Å². The summed E-state index contributed by atoms with van der Waals surface area (Å²) in [4.78, 5) is 12.3. The largest absolute Gasteiger partial charge is 0.505 e. The summed E-state index contributed by atoms with van der Waals surface area (Å²) in [5.74, 6) is -1.38. The first-order chi connectivity index (χ1) is 11.7. The lowest BCUT2D eigenvalue weighted by atomic mass is 9.98. The average molecular weight is 345 g/mol. The lowest BCUT2D eigenvalue weighted by Gasteiger charge is -2.17. The van der Waals surface area contributed by atoms with Crippen LogP contribution in [0.5, 0.6) is 5.75 Å². The first-order valence-electron chi connectivity index (χ1n) is 8.26. The molecule has 0 radical (unpaired) electrons. The molecule has 25 heavy (non-hydrogen) atoms. The fourth-order valence-electron chi connectivity index (χ4n) is 2.43. The summed E-state index contributed by atoms with van der Waals surface area (Å²) in [5.41, 5.74) is 1.42. The third-order valence-electron chi connectivity index (χ3n) is 4.06. The van der Waals surface area contributed by atoms with Crippen molar-refractivity contribution in [1.29, 1.82) is 0 Å². The molecule has 1 unspecified atom stereocenters. The Labute approximate surface area is 147 Å². The molecule has 0 aliphatic carbocycles. The van der Waals surface area contributed by atoms with Gasteiger partial charge in [0.1, 0.15) is 0 Å². The molecule has 0 bridgehead atoms. The van der Waals surface area contributed by atoms with Crippen LogP contribution in [0.4, 0.5) is 4.39 Å². The summed E-state index contributed by atoms with van der Waals surface area (Å²) in [7, 11) is 0. The molecule has 0 aliphatic rings. The summed E-state index contributed by atoms with van der Waals surface area (Å²) < 4.78 is 13.4. The number of benzene rings is 2. The molecular weight excluding hydrogens is 321 g/mol. The van der Waals surface area contributed by atoms with Crippen LogP contribution in [0.25, 0.3) is 0 Å². The Morgan fingerprint density at radius 1 is 1.20 bits per heavy atom. The molecule has 2 aromatic rings. The molecule has 1 amide bonds. The van der Waals surface area contributed by atoms with Gasteiger partial charge >= 0.3 is 0 Å². The van der Waals surface area contributed by atoms with Crippen molar-refractivity contribution in [2.24, 2.45) is 0 Å². The highest BCUT2D eigenvalue weighted by Gasteiger charge is 2.14. The number of phenols is 1. The minimum Gasteiger partial charge on any atom is -0.505 e. The van der Waals surface area contributed by atoms with Gasteiger partial charge in [-0.3, -0.25) is 4.79 Å². The van der Waals surface area contributed by atoms with Crippen LogP contribution in [0, 0.1) is 5.82 Å². The zero-order chi connectivity index (χ0) is 18.6. The summed E-state index contributed by atoms with van der Waals surface area (Å²) in [5, 5.41) is 21.8. The number of aliphatic hydroxyl groups is 1. The summed E-state index contributed by atoms with van der Waals surface area (Å²) in [6, 6.07) is 10.9. The number of carbonyl (C=O) groups excluding carboxylic acids is 1. The number of hydrogen-bond donors (Lipinski definition) is 3. The number of halogens is 1. The van der Waals surface area contributed by atoms with E-state index >= 15 is 0 Å². The normalized spacial score (nSPS) is 12.7. The fourth-order valence-corrected chi connectivity index (χ4v) is 2.43. The molecule has 1 atom stereocenters. The van der Waals surface area contributed by atoms with Crippen LogP contribution in [0.1, 0.15) is 54.7 Å². The number of hydrogen-bond acceptors (Lipinski definition) is 3. The number of aryl methyl sites for hydroxylation is 1. The Morgan fingerprint density at radius 2 is 1.84 bits per heavy atom. The van der Waals surface area contributed by atoms with Crippen molar-refractivity contribution in [3.8, 4) is 5.75 Å². The molecule has 5 heteroatoms. The van der Waals surface area contributed by atoms with Gasteiger partial charge in [-0.15, -0.1) is 0 Å². The summed E-state index contributed by atoms with van der Waals surface area (Å²) >= 11 is 0. The third-order valence-corrected chi connectivity index (χ3v) is 4.06. The van der Waals surface area contributed by atoms with Gasteiger partial charge in [0.2, 0.25) is 0 Å². The van der Waals surface area contributed by atoms with Gasteiger partial charge in [0.25, 0.3) is 5.91 Å². The highest BCUT2D eigenvalue weighted by molar-refractivity contribution is 5.94. The zero-order valence-electron chi connectivity index (χ0n) is 14.7. The molecule has 2 rings (SSSR count). The standard InChI is InChI=1S/C20H24FNO3/c1-13(16-8-9-18(23)17(21)12-16)22-19(24)15-6-4-14(5-7-15)10-11-20(2,3)25/h4-9,12-13,23,25H,10-11H2,1-3H3,(H,22,24). The molecule has 0 spiro atoms. The Bertz CT molecular complexity index is 736. The first-order valence-corrected chi connectivity index (χ1v) is 8.26. The maximum absolute atomic E-state index is 13.4. The molecule has 0 saturated heterocycles. The quantitative estimate of drug-likeness (QED) is 0.747. The van der Waals surface area contributed by atoms with Crippen LogP contribution in [0.2, 0.25) is 0 Å². The number of amides is 1. The number of rotatable bonds is 6. The van der Waals surface area contributed by atoms with Crippen molar-refractivity contribution >= 4 is 5.91 Å². The van der Waals surface area contributed by atoms with E-state index in [2.05, 4.69) is 5.32 Å². The van der Waals surface area contributed by atoms with Crippen molar-refractivity contribution in [3.05, 3.63) is 65.0 Å². The molecule has 0 aromatic heterocycles. The molecule has 134 valence electrons. The second-order valence-electron chi connectivity index (χ2n) is 6.92. The average Bonchev–Trinajstić information content (AvgIpc) is 2.55. The molecule has 0 heterocycles. The first kappa shape index (κ1) is 18.9. The zero-order valence-corrected chi connectivity index (χ0v) is 14.7. The van der Waals surface area contributed by atoms with Gasteiger partial charge in [-0.2, -0.15) is 0 Å². The highest BCUT2D eigenvalue weighted by Crippen LogP contribution is 2.21. The Balaban J connectivity index is 1.99. The number of aromatic hydroxyl groups is 1. The van der Waals surface area contributed by atoms with Gasteiger partial charge in [-0.05, 0) is 69.0 Å². The maximum atomic E-state index is 13.4. The Kier molecular flexibility index (Phi) is 5.80. The molecule has 2 aromatic carbocycles. The van der Waals surface area contributed by atoms with E-state index in [1.807, 2.05) is 12.1 Å². The van der Waals surface area contributed by atoms with Crippen molar-refractivity contribution in [1.82, 2.24) is 5.32 Å². The van der Waals surface area contributed by atoms with E-state index in [1.54, 1.807) is 39.0 Å². The van der Waals surface area contributed by atoms with Crippen LogP contribution in [0.15, 0.2) is 42.5 Å². The highest BCUT2D eigenvalue weighted by atomic mass is 19.1. The van der Waals surface area contributed by atoms with E-state index in [1.165, 1.54) is 12.1 Å². The van der Waals surface area contributed by atoms with Crippen LogP contribution in [0.3, 0.4) is 0 Å². The van der Waals surface area contributed by atoms with Crippen LogP contribution < -0.4 is 5.32 Å². The maximum Gasteiger partial charge on any atom is 0.251 e. The summed E-state index contributed by atoms with van der Waals surface area (Å²) in [6.45, 7) is 5.28. The topological polar surface area (TPSA) is 69.6 Å². The predicted molar refractivity (Wildman–Crippen MR) is 95.0 cm³/mol. The van der Waals surface area contributed by atoms with E-state index < -0.39 is 23.2 Å². The molecule has 0 fully saturated rings. The van der Waals surface area contributed by atoms with E-state index in [-0.39, 0.29) is 5.91 Å². The van der Waals surface area contributed by atoms with E-state index in [0.717, 1.165) is 12.0 Å². The summed E-state index contributed by atoms with van der Waals surface area (Å²) in [6.07, 6.45) is 1.37. The molecule has 4 nitrogen and oxygen atoms in total. The smallest absolute Gasteiger partial charge is 0.251 e. The van der Waals surface area contributed by atoms with Gasteiger partial charge in [-0.25, -0.2) is 4.39 Å². The monoisotopic (exact) mass is 345 g/mol. The Morgan fingerprint density at radius 3 is 2.40 bits per heavy atom. The van der Waals surface area contributed by atoms with Crippen molar-refractivity contribution < 1.29 is 19.4 Å². The van der Waals surface area contributed by atoms with Crippen LogP contribution in [-0.2, 0) is 6.42 Å². The SMILES string of the molecule is CC(NC(=O)c1ccc(CCC(C)(C)O)cc1)c1ccc(O)c(F)c1. The van der Waals surface area contributed by atoms with Gasteiger partial charge in [0, 0.05) is 5.56 Å². The molecule has 0 saturated carbocycles. The van der Waals surface area contributed by atoms with Gasteiger partial charge in [-0.1, -0.05) is 18.2 Å².